The van der Waals surface area contributed by atoms with E-state index in [4.69, 9.17) is 15.2 Å². The molecule has 0 fully saturated rings. The molecule has 1 atom stereocenters. The average molecular weight is 200 g/mol. The molecule has 1 heterocycles. The van der Waals surface area contributed by atoms with Crippen LogP contribution in [0.3, 0.4) is 0 Å². The Labute approximate surface area is 81.8 Å². The van der Waals surface area contributed by atoms with Gasteiger partial charge in [0.2, 0.25) is 5.88 Å². The minimum atomic E-state index is -0.395. The number of hydrogen-bond donors (Lipinski definition) is 1. The molecule has 0 radical (unpaired) electrons. The van der Waals surface area contributed by atoms with E-state index in [0.717, 1.165) is 6.20 Å². The molecule has 1 aromatic rings. The zero-order valence-electron chi connectivity index (χ0n) is 7.94. The minimum Gasteiger partial charge on any atom is -0.471 e. The normalized spacial score (nSPS) is 12.5. The number of hydrogen-bond acceptors (Lipinski definition) is 4. The fourth-order valence-electron chi connectivity index (χ4n) is 0.939. The lowest BCUT2D eigenvalue weighted by atomic mass is 10.4. The average Bonchev–Trinajstić information content (AvgIpc) is 2.20. The second kappa shape index (κ2) is 5.51. The van der Waals surface area contributed by atoms with Crippen LogP contribution in [0.2, 0.25) is 0 Å². The van der Waals surface area contributed by atoms with E-state index < -0.39 is 5.82 Å². The molecule has 0 aliphatic rings. The van der Waals surface area contributed by atoms with E-state index in [1.165, 1.54) is 12.1 Å². The molecule has 0 spiro atoms. The van der Waals surface area contributed by atoms with Crippen LogP contribution in [0.25, 0.3) is 0 Å². The lowest BCUT2D eigenvalue weighted by Crippen LogP contribution is -2.31. The van der Waals surface area contributed by atoms with Crippen LogP contribution in [-0.2, 0) is 4.74 Å². The summed E-state index contributed by atoms with van der Waals surface area (Å²) < 4.78 is 22.7. The maximum atomic E-state index is 12.5. The lowest BCUT2D eigenvalue weighted by Gasteiger charge is -2.15. The van der Waals surface area contributed by atoms with Gasteiger partial charge in [-0.15, -0.1) is 0 Å². The van der Waals surface area contributed by atoms with Crippen molar-refractivity contribution in [1.29, 1.82) is 0 Å². The van der Waals surface area contributed by atoms with Crippen molar-refractivity contribution in [3.63, 3.8) is 0 Å². The number of methoxy groups -OCH3 is 1. The summed E-state index contributed by atoms with van der Waals surface area (Å²) in [6, 6.07) is 2.73. The van der Waals surface area contributed by atoms with Gasteiger partial charge in [0.25, 0.3) is 0 Å². The number of rotatable bonds is 5. The number of nitrogens with two attached hydrogens (primary N) is 1. The van der Waals surface area contributed by atoms with Gasteiger partial charge in [-0.3, -0.25) is 0 Å². The number of halogens is 1. The molecular weight excluding hydrogens is 187 g/mol. The number of ether oxygens (including phenoxy) is 2. The molecule has 0 bridgehead atoms. The Morgan fingerprint density at radius 1 is 1.57 bits per heavy atom. The fraction of sp³-hybridized carbons (Fsp3) is 0.444. The van der Waals surface area contributed by atoms with E-state index in [0.29, 0.717) is 19.0 Å². The van der Waals surface area contributed by atoms with Crippen LogP contribution in [0.1, 0.15) is 0 Å². The number of pyridine rings is 1. The van der Waals surface area contributed by atoms with E-state index in [2.05, 4.69) is 4.98 Å². The van der Waals surface area contributed by atoms with Gasteiger partial charge in [0, 0.05) is 19.7 Å². The predicted molar refractivity (Wildman–Crippen MR) is 49.5 cm³/mol. The van der Waals surface area contributed by atoms with Gasteiger partial charge in [0.05, 0.1) is 12.8 Å². The molecule has 1 unspecified atom stereocenters. The van der Waals surface area contributed by atoms with Crippen molar-refractivity contribution in [1.82, 2.24) is 4.98 Å². The highest BCUT2D eigenvalue weighted by Crippen LogP contribution is 2.08. The monoisotopic (exact) mass is 200 g/mol. The maximum Gasteiger partial charge on any atom is 0.213 e. The Bertz CT molecular complexity index is 266. The Kier molecular flexibility index (Phi) is 4.28. The molecule has 0 aliphatic carbocycles. The summed E-state index contributed by atoms with van der Waals surface area (Å²) in [5.74, 6) is -0.0488. The van der Waals surface area contributed by atoms with Gasteiger partial charge in [0.15, 0.2) is 0 Å². The first-order valence-electron chi connectivity index (χ1n) is 4.23. The SMILES string of the molecule is COCC(CN)Oc1ccc(F)cn1. The van der Waals surface area contributed by atoms with Gasteiger partial charge >= 0.3 is 0 Å². The van der Waals surface area contributed by atoms with E-state index in [-0.39, 0.29) is 6.10 Å². The molecule has 0 saturated heterocycles. The van der Waals surface area contributed by atoms with Gasteiger partial charge in [-0.1, -0.05) is 0 Å². The topological polar surface area (TPSA) is 57.4 Å². The number of aromatic nitrogens is 1. The van der Waals surface area contributed by atoms with Crippen molar-refractivity contribution in [2.45, 2.75) is 6.10 Å². The van der Waals surface area contributed by atoms with Crippen LogP contribution < -0.4 is 10.5 Å². The molecule has 0 aromatic carbocycles. The number of nitrogens with zero attached hydrogens (tertiary/aromatic N) is 1. The molecule has 14 heavy (non-hydrogen) atoms. The Balaban J connectivity index is 2.53. The molecule has 0 saturated carbocycles. The molecule has 0 aliphatic heterocycles. The Morgan fingerprint density at radius 3 is 2.86 bits per heavy atom. The van der Waals surface area contributed by atoms with E-state index in [9.17, 15) is 4.39 Å². The summed E-state index contributed by atoms with van der Waals surface area (Å²) in [6.45, 7) is 0.711. The quantitative estimate of drug-likeness (QED) is 0.755. The Morgan fingerprint density at radius 2 is 2.36 bits per heavy atom. The first-order chi connectivity index (χ1) is 6.76. The summed E-state index contributed by atoms with van der Waals surface area (Å²) in [5, 5.41) is 0. The van der Waals surface area contributed by atoms with E-state index in [1.54, 1.807) is 7.11 Å². The summed E-state index contributed by atoms with van der Waals surface area (Å²) >= 11 is 0. The van der Waals surface area contributed by atoms with Crippen LogP contribution in [0, 0.1) is 5.82 Å². The molecule has 78 valence electrons. The highest BCUT2D eigenvalue weighted by Gasteiger charge is 2.08. The van der Waals surface area contributed by atoms with Crippen LogP contribution >= 0.6 is 0 Å². The first kappa shape index (κ1) is 10.9. The standard InChI is InChI=1S/C9H13FN2O2/c1-13-6-8(4-11)14-9-3-2-7(10)5-12-9/h2-3,5,8H,4,6,11H2,1H3. The smallest absolute Gasteiger partial charge is 0.213 e. The van der Waals surface area contributed by atoms with Gasteiger partial charge in [-0.2, -0.15) is 0 Å². The zero-order valence-corrected chi connectivity index (χ0v) is 7.94. The summed E-state index contributed by atoms with van der Waals surface area (Å²) in [5.41, 5.74) is 5.43. The zero-order chi connectivity index (χ0) is 10.4. The van der Waals surface area contributed by atoms with Crippen LogP contribution in [0.4, 0.5) is 4.39 Å². The highest BCUT2D eigenvalue weighted by atomic mass is 19.1. The van der Waals surface area contributed by atoms with Crippen molar-refractivity contribution >= 4 is 0 Å². The molecule has 1 rings (SSSR count). The van der Waals surface area contributed by atoms with E-state index >= 15 is 0 Å². The summed E-state index contributed by atoms with van der Waals surface area (Å²) in [6.07, 6.45) is 0.841. The molecule has 2 N–H and O–H groups in total. The Hall–Kier alpha value is -1.20. The van der Waals surface area contributed by atoms with Crippen LogP contribution in [0.5, 0.6) is 5.88 Å². The second-order valence-electron chi connectivity index (χ2n) is 2.75. The van der Waals surface area contributed by atoms with Gasteiger partial charge < -0.3 is 15.2 Å². The van der Waals surface area contributed by atoms with Crippen molar-refractivity contribution in [3.8, 4) is 5.88 Å². The summed E-state index contributed by atoms with van der Waals surface area (Å²) in [4.78, 5) is 3.74. The third kappa shape index (κ3) is 3.27. The van der Waals surface area contributed by atoms with Gasteiger partial charge in [0.1, 0.15) is 11.9 Å². The summed E-state index contributed by atoms with van der Waals surface area (Å²) in [7, 11) is 1.56. The highest BCUT2D eigenvalue weighted by molar-refractivity contribution is 5.11. The van der Waals surface area contributed by atoms with Crippen molar-refractivity contribution in [2.24, 2.45) is 5.73 Å². The molecular formula is C9H13FN2O2. The van der Waals surface area contributed by atoms with Crippen molar-refractivity contribution in [2.75, 3.05) is 20.3 Å². The van der Waals surface area contributed by atoms with Crippen molar-refractivity contribution in [3.05, 3.63) is 24.1 Å². The largest absolute Gasteiger partial charge is 0.471 e. The molecule has 5 heteroatoms. The predicted octanol–water partition coefficient (Wildman–Crippen LogP) is 0.573. The van der Waals surface area contributed by atoms with E-state index in [1.807, 2.05) is 0 Å². The molecule has 0 amide bonds. The molecule has 4 nitrogen and oxygen atoms in total. The lowest BCUT2D eigenvalue weighted by molar-refractivity contribution is 0.0828. The van der Waals surface area contributed by atoms with Crippen molar-refractivity contribution < 1.29 is 13.9 Å². The third-order valence-corrected chi connectivity index (χ3v) is 1.60. The maximum absolute atomic E-state index is 12.5. The van der Waals surface area contributed by atoms with Gasteiger partial charge in [-0.25, -0.2) is 9.37 Å². The van der Waals surface area contributed by atoms with Crippen LogP contribution in [-0.4, -0.2) is 31.3 Å². The molecule has 1 aromatic heterocycles. The van der Waals surface area contributed by atoms with Gasteiger partial charge in [-0.05, 0) is 6.07 Å². The minimum absolute atomic E-state index is 0.252. The fourth-order valence-corrected chi connectivity index (χ4v) is 0.939. The third-order valence-electron chi connectivity index (χ3n) is 1.60. The first-order valence-corrected chi connectivity index (χ1v) is 4.23. The second-order valence-corrected chi connectivity index (χ2v) is 2.75. The van der Waals surface area contributed by atoms with Crippen LogP contribution in [0.15, 0.2) is 18.3 Å².